The largest absolute Gasteiger partial charge is 0.493 e. The Morgan fingerprint density at radius 1 is 1.04 bits per heavy atom. The molecule has 0 radical (unpaired) electrons. The van der Waals surface area contributed by atoms with Gasteiger partial charge in [0, 0.05) is 43.9 Å². The summed E-state index contributed by atoms with van der Waals surface area (Å²) in [7, 11) is 5.23. The second kappa shape index (κ2) is 7.85. The molecule has 0 spiro atoms. The monoisotopic (exact) mass is 344 g/mol. The van der Waals surface area contributed by atoms with E-state index in [0.717, 1.165) is 19.6 Å². The van der Waals surface area contributed by atoms with Crippen LogP contribution in [0, 0.1) is 5.82 Å². The maximum Gasteiger partial charge on any atom is 0.163 e. The maximum absolute atomic E-state index is 14.4. The van der Waals surface area contributed by atoms with E-state index in [4.69, 9.17) is 9.47 Å². The second-order valence-electron chi connectivity index (χ2n) is 6.44. The van der Waals surface area contributed by atoms with Gasteiger partial charge in [-0.05, 0) is 18.7 Å². The minimum atomic E-state index is -0.257. The minimum Gasteiger partial charge on any atom is -0.493 e. The first-order valence-corrected chi connectivity index (χ1v) is 8.50. The number of hydrogen-bond acceptors (Lipinski definition) is 4. The van der Waals surface area contributed by atoms with Gasteiger partial charge in [0.1, 0.15) is 5.82 Å². The first-order chi connectivity index (χ1) is 12.1. The summed E-state index contributed by atoms with van der Waals surface area (Å²) >= 11 is 0. The Morgan fingerprint density at radius 2 is 1.72 bits per heavy atom. The van der Waals surface area contributed by atoms with Crippen LogP contribution in [0.25, 0.3) is 0 Å². The second-order valence-corrected chi connectivity index (χ2v) is 6.44. The third kappa shape index (κ3) is 3.94. The SMILES string of the molecule is COc1cc(F)c(CN2CCN(C)[C@H](c3ccccc3)C2)cc1OC. The molecule has 0 saturated carbocycles. The van der Waals surface area contributed by atoms with Crippen molar-refractivity contribution in [3.05, 3.63) is 59.4 Å². The van der Waals surface area contributed by atoms with Gasteiger partial charge < -0.3 is 9.47 Å². The zero-order valence-electron chi connectivity index (χ0n) is 15.0. The Hall–Kier alpha value is -2.11. The fourth-order valence-electron chi connectivity index (χ4n) is 3.37. The molecule has 1 heterocycles. The van der Waals surface area contributed by atoms with Gasteiger partial charge >= 0.3 is 0 Å². The highest BCUT2D eigenvalue weighted by Crippen LogP contribution is 2.31. The van der Waals surface area contributed by atoms with Crippen LogP contribution >= 0.6 is 0 Å². The van der Waals surface area contributed by atoms with E-state index in [1.54, 1.807) is 13.2 Å². The zero-order valence-corrected chi connectivity index (χ0v) is 15.0. The van der Waals surface area contributed by atoms with E-state index < -0.39 is 0 Å². The molecule has 3 rings (SSSR count). The highest BCUT2D eigenvalue weighted by Gasteiger charge is 2.26. The van der Waals surface area contributed by atoms with E-state index in [1.165, 1.54) is 18.7 Å². The van der Waals surface area contributed by atoms with E-state index >= 15 is 0 Å². The maximum atomic E-state index is 14.4. The van der Waals surface area contributed by atoms with Crippen molar-refractivity contribution in [3.8, 4) is 11.5 Å². The van der Waals surface area contributed by atoms with Gasteiger partial charge in [0.05, 0.1) is 14.2 Å². The molecule has 1 aliphatic heterocycles. The summed E-state index contributed by atoms with van der Waals surface area (Å²) in [5, 5.41) is 0. The number of piperazine rings is 1. The van der Waals surface area contributed by atoms with Crippen LogP contribution in [0.1, 0.15) is 17.2 Å². The summed E-state index contributed by atoms with van der Waals surface area (Å²) in [5.41, 5.74) is 1.93. The number of hydrogen-bond donors (Lipinski definition) is 0. The predicted octanol–water partition coefficient (Wildman–Crippen LogP) is 3.33. The van der Waals surface area contributed by atoms with Crippen LogP contribution in [-0.2, 0) is 6.54 Å². The lowest BCUT2D eigenvalue weighted by atomic mass is 10.0. The van der Waals surface area contributed by atoms with Crippen molar-refractivity contribution < 1.29 is 13.9 Å². The van der Waals surface area contributed by atoms with Crippen molar-refractivity contribution >= 4 is 0 Å². The van der Waals surface area contributed by atoms with Gasteiger partial charge in [-0.3, -0.25) is 9.80 Å². The molecule has 134 valence electrons. The molecule has 0 aromatic heterocycles. The molecule has 1 aliphatic rings. The zero-order chi connectivity index (χ0) is 17.8. The number of methoxy groups -OCH3 is 2. The summed E-state index contributed by atoms with van der Waals surface area (Å²) in [5.74, 6) is 0.727. The fourth-order valence-corrected chi connectivity index (χ4v) is 3.37. The molecule has 0 bridgehead atoms. The highest BCUT2D eigenvalue weighted by atomic mass is 19.1. The molecular weight excluding hydrogens is 319 g/mol. The van der Waals surface area contributed by atoms with Gasteiger partial charge in [0.25, 0.3) is 0 Å². The number of ether oxygens (including phenoxy) is 2. The van der Waals surface area contributed by atoms with Crippen LogP contribution in [0.5, 0.6) is 11.5 Å². The van der Waals surface area contributed by atoms with E-state index in [2.05, 4.69) is 41.1 Å². The van der Waals surface area contributed by atoms with Crippen molar-refractivity contribution in [2.75, 3.05) is 40.9 Å². The number of likely N-dealkylation sites (N-methyl/N-ethyl adjacent to an activating group) is 1. The van der Waals surface area contributed by atoms with Crippen LogP contribution < -0.4 is 9.47 Å². The standard InChI is InChI=1S/C20H25FN2O2/c1-22-9-10-23(14-18(22)15-7-5-4-6-8-15)13-16-11-19(24-2)20(25-3)12-17(16)21/h4-8,11-12,18H,9-10,13-14H2,1-3H3/t18-/m0/s1. The highest BCUT2D eigenvalue weighted by molar-refractivity contribution is 5.43. The first kappa shape index (κ1) is 17.7. The van der Waals surface area contributed by atoms with E-state index in [-0.39, 0.29) is 5.82 Å². The van der Waals surface area contributed by atoms with Crippen molar-refractivity contribution in [2.24, 2.45) is 0 Å². The number of halogens is 1. The third-order valence-corrected chi connectivity index (χ3v) is 4.86. The summed E-state index contributed by atoms with van der Waals surface area (Å²) in [6.45, 7) is 3.29. The Bertz CT molecular complexity index is 708. The lowest BCUT2D eigenvalue weighted by Crippen LogP contribution is -2.46. The van der Waals surface area contributed by atoms with Crippen LogP contribution in [0.4, 0.5) is 4.39 Å². The molecular formula is C20H25FN2O2. The lowest BCUT2D eigenvalue weighted by molar-refractivity contribution is 0.0896. The number of nitrogens with zero attached hydrogens (tertiary/aromatic N) is 2. The molecule has 5 heteroatoms. The molecule has 0 amide bonds. The van der Waals surface area contributed by atoms with Crippen molar-refractivity contribution in [3.63, 3.8) is 0 Å². The molecule has 0 N–H and O–H groups in total. The Balaban J connectivity index is 1.77. The predicted molar refractivity (Wildman–Crippen MR) is 96.6 cm³/mol. The normalized spacial score (nSPS) is 19.0. The average molecular weight is 344 g/mol. The molecule has 4 nitrogen and oxygen atoms in total. The van der Waals surface area contributed by atoms with Crippen LogP contribution in [0.3, 0.4) is 0 Å². The summed E-state index contributed by atoms with van der Waals surface area (Å²) in [6.07, 6.45) is 0. The Morgan fingerprint density at radius 3 is 2.40 bits per heavy atom. The Kier molecular flexibility index (Phi) is 5.56. The first-order valence-electron chi connectivity index (χ1n) is 8.50. The van der Waals surface area contributed by atoms with Gasteiger partial charge in [-0.1, -0.05) is 30.3 Å². The quantitative estimate of drug-likeness (QED) is 0.831. The fraction of sp³-hybridized carbons (Fsp3) is 0.400. The van der Waals surface area contributed by atoms with Crippen molar-refractivity contribution in [2.45, 2.75) is 12.6 Å². The molecule has 0 unspecified atom stereocenters. The number of rotatable bonds is 5. The van der Waals surface area contributed by atoms with Crippen LogP contribution in [0.2, 0.25) is 0 Å². The van der Waals surface area contributed by atoms with Gasteiger partial charge in [-0.15, -0.1) is 0 Å². The van der Waals surface area contributed by atoms with E-state index in [1.807, 2.05) is 6.07 Å². The summed E-state index contributed by atoms with van der Waals surface area (Å²) < 4.78 is 24.9. The summed E-state index contributed by atoms with van der Waals surface area (Å²) in [4.78, 5) is 4.65. The van der Waals surface area contributed by atoms with E-state index in [9.17, 15) is 4.39 Å². The van der Waals surface area contributed by atoms with Crippen LogP contribution in [0.15, 0.2) is 42.5 Å². The topological polar surface area (TPSA) is 24.9 Å². The van der Waals surface area contributed by atoms with Gasteiger partial charge in [0.15, 0.2) is 11.5 Å². The van der Waals surface area contributed by atoms with E-state index in [0.29, 0.717) is 29.6 Å². The molecule has 2 aromatic rings. The molecule has 1 atom stereocenters. The molecule has 2 aromatic carbocycles. The third-order valence-electron chi connectivity index (χ3n) is 4.86. The van der Waals surface area contributed by atoms with Gasteiger partial charge in [-0.25, -0.2) is 4.39 Å². The number of benzene rings is 2. The van der Waals surface area contributed by atoms with Crippen molar-refractivity contribution in [1.29, 1.82) is 0 Å². The van der Waals surface area contributed by atoms with Crippen LogP contribution in [-0.4, -0.2) is 50.7 Å². The lowest BCUT2D eigenvalue weighted by Gasteiger charge is -2.39. The van der Waals surface area contributed by atoms with Gasteiger partial charge in [0.2, 0.25) is 0 Å². The average Bonchev–Trinajstić information content (AvgIpc) is 2.65. The molecule has 0 aliphatic carbocycles. The molecule has 1 fully saturated rings. The smallest absolute Gasteiger partial charge is 0.163 e. The molecule has 1 saturated heterocycles. The minimum absolute atomic E-state index is 0.257. The summed E-state index contributed by atoms with van der Waals surface area (Å²) in [6, 6.07) is 13.9. The van der Waals surface area contributed by atoms with Crippen molar-refractivity contribution in [1.82, 2.24) is 9.80 Å². The molecule has 25 heavy (non-hydrogen) atoms. The van der Waals surface area contributed by atoms with Gasteiger partial charge in [-0.2, -0.15) is 0 Å². The Labute approximate surface area is 148 Å².